The molecule has 0 saturated carbocycles. The summed E-state index contributed by atoms with van der Waals surface area (Å²) in [6.07, 6.45) is 1.37. The second-order valence-corrected chi connectivity index (χ2v) is 4.04. The van der Waals surface area contributed by atoms with Gasteiger partial charge in [-0.25, -0.2) is 0 Å². The largest absolute Gasteiger partial charge is 0.370 e. The van der Waals surface area contributed by atoms with Gasteiger partial charge in [-0.05, 0) is 37.6 Å². The molecule has 1 unspecified atom stereocenters. The Labute approximate surface area is 102 Å². The standard InChI is InChI=1S/C13H17ClO2/c1-3-5-12(16-4-2)13(15)10-6-8-11(14)9-7-10/h6-9,12H,3-5H2,1-2H3. The zero-order valence-corrected chi connectivity index (χ0v) is 10.5. The quantitative estimate of drug-likeness (QED) is 0.709. The van der Waals surface area contributed by atoms with Crippen LogP contribution in [0, 0.1) is 0 Å². The van der Waals surface area contributed by atoms with Crippen LogP contribution in [0.25, 0.3) is 0 Å². The van der Waals surface area contributed by atoms with E-state index in [9.17, 15) is 4.79 Å². The first kappa shape index (κ1) is 13.2. The summed E-state index contributed by atoms with van der Waals surface area (Å²) in [6, 6.07) is 6.94. The summed E-state index contributed by atoms with van der Waals surface area (Å²) < 4.78 is 5.45. The first-order chi connectivity index (χ1) is 7.69. The molecule has 0 aliphatic rings. The topological polar surface area (TPSA) is 26.3 Å². The zero-order chi connectivity index (χ0) is 12.0. The van der Waals surface area contributed by atoms with Crippen LogP contribution in [-0.4, -0.2) is 18.5 Å². The van der Waals surface area contributed by atoms with Gasteiger partial charge >= 0.3 is 0 Å². The fourth-order valence-electron chi connectivity index (χ4n) is 1.55. The minimum absolute atomic E-state index is 0.0420. The van der Waals surface area contributed by atoms with Crippen molar-refractivity contribution in [2.75, 3.05) is 6.61 Å². The van der Waals surface area contributed by atoms with Gasteiger partial charge in [0.1, 0.15) is 6.10 Å². The maximum absolute atomic E-state index is 12.1. The SMILES string of the molecule is CCCC(OCC)C(=O)c1ccc(Cl)cc1. The van der Waals surface area contributed by atoms with Crippen LogP contribution in [0.4, 0.5) is 0 Å². The van der Waals surface area contributed by atoms with E-state index in [1.807, 2.05) is 13.8 Å². The van der Waals surface area contributed by atoms with E-state index in [-0.39, 0.29) is 11.9 Å². The predicted octanol–water partition coefficient (Wildman–Crippen LogP) is 3.73. The molecule has 0 bridgehead atoms. The van der Waals surface area contributed by atoms with Gasteiger partial charge in [0.05, 0.1) is 0 Å². The summed E-state index contributed by atoms with van der Waals surface area (Å²) in [4.78, 5) is 12.1. The number of ketones is 1. The molecule has 0 aromatic heterocycles. The maximum atomic E-state index is 12.1. The van der Waals surface area contributed by atoms with Gasteiger partial charge in [-0.15, -0.1) is 0 Å². The molecule has 0 aliphatic carbocycles. The third-order valence-corrected chi connectivity index (χ3v) is 2.59. The molecule has 2 nitrogen and oxygen atoms in total. The van der Waals surface area contributed by atoms with E-state index in [2.05, 4.69) is 0 Å². The number of ether oxygens (including phenoxy) is 1. The lowest BCUT2D eigenvalue weighted by Crippen LogP contribution is -2.24. The second kappa shape index (κ2) is 6.66. The van der Waals surface area contributed by atoms with Gasteiger partial charge in [0.25, 0.3) is 0 Å². The van der Waals surface area contributed by atoms with E-state index in [0.29, 0.717) is 17.2 Å². The lowest BCUT2D eigenvalue weighted by atomic mass is 10.0. The van der Waals surface area contributed by atoms with Gasteiger partial charge < -0.3 is 4.74 Å². The lowest BCUT2D eigenvalue weighted by Gasteiger charge is -2.14. The number of benzene rings is 1. The third-order valence-electron chi connectivity index (χ3n) is 2.34. The lowest BCUT2D eigenvalue weighted by molar-refractivity contribution is 0.0423. The number of hydrogen-bond donors (Lipinski definition) is 0. The highest BCUT2D eigenvalue weighted by Gasteiger charge is 2.19. The summed E-state index contributed by atoms with van der Waals surface area (Å²) in [6.45, 7) is 4.50. The minimum Gasteiger partial charge on any atom is -0.370 e. The highest BCUT2D eigenvalue weighted by molar-refractivity contribution is 6.30. The summed E-state index contributed by atoms with van der Waals surface area (Å²) in [7, 11) is 0. The molecule has 0 saturated heterocycles. The summed E-state index contributed by atoms with van der Waals surface area (Å²) in [5.41, 5.74) is 0.663. The van der Waals surface area contributed by atoms with Crippen LogP contribution in [0.2, 0.25) is 5.02 Å². The highest BCUT2D eigenvalue weighted by atomic mass is 35.5. The Hall–Kier alpha value is -0.860. The van der Waals surface area contributed by atoms with Crippen molar-refractivity contribution >= 4 is 17.4 Å². The Morgan fingerprint density at radius 3 is 2.44 bits per heavy atom. The first-order valence-electron chi connectivity index (χ1n) is 5.60. The van der Waals surface area contributed by atoms with Crippen LogP contribution in [0.15, 0.2) is 24.3 Å². The molecule has 1 aromatic carbocycles. The Morgan fingerprint density at radius 2 is 1.94 bits per heavy atom. The van der Waals surface area contributed by atoms with E-state index in [1.54, 1.807) is 24.3 Å². The highest BCUT2D eigenvalue weighted by Crippen LogP contribution is 2.14. The molecule has 0 N–H and O–H groups in total. The molecule has 16 heavy (non-hydrogen) atoms. The van der Waals surface area contributed by atoms with Crippen molar-refractivity contribution < 1.29 is 9.53 Å². The average molecular weight is 241 g/mol. The predicted molar refractivity (Wildman–Crippen MR) is 66.1 cm³/mol. The van der Waals surface area contributed by atoms with E-state index in [1.165, 1.54) is 0 Å². The molecule has 3 heteroatoms. The Bertz CT molecular complexity index is 326. The molecule has 0 aliphatic heterocycles. The van der Waals surface area contributed by atoms with E-state index in [0.717, 1.165) is 12.8 Å². The second-order valence-electron chi connectivity index (χ2n) is 3.60. The van der Waals surface area contributed by atoms with Gasteiger partial charge in [-0.2, -0.15) is 0 Å². The number of rotatable bonds is 6. The van der Waals surface area contributed by atoms with E-state index in [4.69, 9.17) is 16.3 Å². The van der Waals surface area contributed by atoms with Gasteiger partial charge in [-0.1, -0.05) is 24.9 Å². The number of hydrogen-bond acceptors (Lipinski definition) is 2. The number of halogens is 1. The molecule has 1 rings (SSSR count). The van der Waals surface area contributed by atoms with Crippen LogP contribution in [0.3, 0.4) is 0 Å². The molecule has 0 fully saturated rings. The van der Waals surface area contributed by atoms with Crippen molar-refractivity contribution in [3.05, 3.63) is 34.9 Å². The molecule has 0 heterocycles. The van der Waals surface area contributed by atoms with Crippen molar-refractivity contribution in [2.45, 2.75) is 32.8 Å². The van der Waals surface area contributed by atoms with Crippen LogP contribution >= 0.6 is 11.6 Å². The summed E-state index contributed by atoms with van der Waals surface area (Å²) in [5, 5.41) is 0.639. The minimum atomic E-state index is -0.323. The molecule has 1 atom stereocenters. The van der Waals surface area contributed by atoms with Gasteiger partial charge in [0.2, 0.25) is 0 Å². The maximum Gasteiger partial charge on any atom is 0.191 e. The molecule has 0 radical (unpaired) electrons. The fourth-order valence-corrected chi connectivity index (χ4v) is 1.68. The molecule has 0 spiro atoms. The van der Waals surface area contributed by atoms with Gasteiger partial charge in [0.15, 0.2) is 5.78 Å². The smallest absolute Gasteiger partial charge is 0.191 e. The van der Waals surface area contributed by atoms with Crippen molar-refractivity contribution in [2.24, 2.45) is 0 Å². The van der Waals surface area contributed by atoms with Crippen molar-refractivity contribution in [3.8, 4) is 0 Å². The monoisotopic (exact) mass is 240 g/mol. The van der Waals surface area contributed by atoms with Gasteiger partial charge in [-0.3, -0.25) is 4.79 Å². The molecular weight excluding hydrogens is 224 g/mol. The number of Topliss-reactive ketones (excluding diaryl/α,β-unsaturated/α-hetero) is 1. The van der Waals surface area contributed by atoms with Crippen LogP contribution < -0.4 is 0 Å². The van der Waals surface area contributed by atoms with Crippen molar-refractivity contribution in [3.63, 3.8) is 0 Å². The normalized spacial score (nSPS) is 12.4. The third kappa shape index (κ3) is 3.62. The molecule has 1 aromatic rings. The van der Waals surface area contributed by atoms with Crippen molar-refractivity contribution in [1.29, 1.82) is 0 Å². The first-order valence-corrected chi connectivity index (χ1v) is 5.98. The van der Waals surface area contributed by atoms with E-state index >= 15 is 0 Å². The van der Waals surface area contributed by atoms with Gasteiger partial charge in [0, 0.05) is 17.2 Å². The molecule has 0 amide bonds. The number of carbonyl (C=O) groups is 1. The van der Waals surface area contributed by atoms with Crippen molar-refractivity contribution in [1.82, 2.24) is 0 Å². The average Bonchev–Trinajstić information content (AvgIpc) is 2.29. The Morgan fingerprint density at radius 1 is 1.31 bits per heavy atom. The van der Waals surface area contributed by atoms with Crippen LogP contribution in [0.1, 0.15) is 37.0 Å². The van der Waals surface area contributed by atoms with Crippen LogP contribution in [0.5, 0.6) is 0 Å². The molecule has 88 valence electrons. The summed E-state index contributed by atoms with van der Waals surface area (Å²) in [5.74, 6) is 0.0420. The molecular formula is C13H17ClO2. The fraction of sp³-hybridized carbons (Fsp3) is 0.462. The Kier molecular flexibility index (Phi) is 5.50. The zero-order valence-electron chi connectivity index (χ0n) is 9.70. The Balaban J connectivity index is 2.77. The van der Waals surface area contributed by atoms with Crippen LogP contribution in [-0.2, 0) is 4.74 Å². The van der Waals surface area contributed by atoms with E-state index < -0.39 is 0 Å². The summed E-state index contributed by atoms with van der Waals surface area (Å²) >= 11 is 5.78. The number of carbonyl (C=O) groups excluding carboxylic acids is 1.